The average molecular weight is 248 g/mol. The number of rotatable bonds is 6. The van der Waals surface area contributed by atoms with Gasteiger partial charge in [-0.3, -0.25) is 4.79 Å². The molecule has 0 aliphatic heterocycles. The Balaban J connectivity index is 2.81. The number of carbonyl (C=O) groups is 1. The Labute approximate surface area is 110 Å². The van der Waals surface area contributed by atoms with Gasteiger partial charge in [0, 0.05) is 0 Å². The highest BCUT2D eigenvalue weighted by atomic mass is 16.4. The van der Waals surface area contributed by atoms with Crippen LogP contribution in [0, 0.1) is 24.7 Å². The summed E-state index contributed by atoms with van der Waals surface area (Å²) in [5, 5.41) is 9.41. The van der Waals surface area contributed by atoms with Crippen LogP contribution in [-0.2, 0) is 11.2 Å². The van der Waals surface area contributed by atoms with Crippen molar-refractivity contribution in [2.24, 2.45) is 17.8 Å². The van der Waals surface area contributed by atoms with Crippen LogP contribution in [0.5, 0.6) is 0 Å². The second-order valence-corrected chi connectivity index (χ2v) is 5.68. The Hall–Kier alpha value is -1.31. The Morgan fingerprint density at radius 1 is 1.22 bits per heavy atom. The number of hydrogen-bond acceptors (Lipinski definition) is 1. The first-order valence-corrected chi connectivity index (χ1v) is 6.69. The molecule has 1 rings (SSSR count). The van der Waals surface area contributed by atoms with E-state index in [1.807, 2.05) is 31.2 Å². The average Bonchev–Trinajstić information content (AvgIpc) is 2.26. The molecule has 1 N–H and O–H groups in total. The van der Waals surface area contributed by atoms with Crippen molar-refractivity contribution >= 4 is 5.97 Å². The fourth-order valence-electron chi connectivity index (χ4n) is 2.52. The Bertz CT molecular complexity index is 396. The van der Waals surface area contributed by atoms with Gasteiger partial charge in [0.1, 0.15) is 0 Å². The summed E-state index contributed by atoms with van der Waals surface area (Å²) in [4.78, 5) is 11.4. The van der Waals surface area contributed by atoms with Gasteiger partial charge in [-0.25, -0.2) is 0 Å². The van der Waals surface area contributed by atoms with Crippen molar-refractivity contribution < 1.29 is 9.90 Å². The lowest BCUT2D eigenvalue weighted by molar-refractivity contribution is -0.143. The second kappa shape index (κ2) is 6.58. The summed E-state index contributed by atoms with van der Waals surface area (Å²) in [7, 11) is 0. The molecule has 0 saturated carbocycles. The predicted octanol–water partition coefficient (Wildman–Crippen LogP) is 3.92. The van der Waals surface area contributed by atoms with Gasteiger partial charge >= 0.3 is 5.97 Å². The van der Waals surface area contributed by atoms with Crippen molar-refractivity contribution in [1.29, 1.82) is 0 Å². The van der Waals surface area contributed by atoms with E-state index in [0.717, 1.165) is 12.0 Å². The molecule has 0 aromatic heterocycles. The fraction of sp³-hybridized carbons (Fsp3) is 0.562. The number of aryl methyl sites for hydroxylation is 1. The van der Waals surface area contributed by atoms with Crippen LogP contribution in [0.3, 0.4) is 0 Å². The van der Waals surface area contributed by atoms with E-state index < -0.39 is 5.97 Å². The first-order valence-electron chi connectivity index (χ1n) is 6.69. The molecule has 2 heteroatoms. The first-order chi connectivity index (χ1) is 8.41. The number of carboxylic acids is 1. The van der Waals surface area contributed by atoms with Gasteiger partial charge in [0.15, 0.2) is 0 Å². The minimum absolute atomic E-state index is 0.210. The number of aliphatic carboxylic acids is 1. The smallest absolute Gasteiger partial charge is 0.307 e. The molecule has 0 amide bonds. The number of hydrogen-bond donors (Lipinski definition) is 1. The molecule has 0 heterocycles. The van der Waals surface area contributed by atoms with Gasteiger partial charge in [-0.1, -0.05) is 45.0 Å². The van der Waals surface area contributed by atoms with E-state index in [9.17, 15) is 9.90 Å². The molecule has 0 aliphatic rings. The summed E-state index contributed by atoms with van der Waals surface area (Å²) in [5.74, 6) is -0.208. The molecule has 0 aliphatic carbocycles. The first kappa shape index (κ1) is 14.7. The van der Waals surface area contributed by atoms with E-state index in [2.05, 4.69) is 20.8 Å². The van der Waals surface area contributed by atoms with Crippen LogP contribution in [0.4, 0.5) is 0 Å². The highest BCUT2D eigenvalue weighted by Crippen LogP contribution is 2.25. The highest BCUT2D eigenvalue weighted by molar-refractivity contribution is 5.70. The third-order valence-corrected chi connectivity index (χ3v) is 3.55. The number of benzene rings is 1. The van der Waals surface area contributed by atoms with Crippen molar-refractivity contribution in [2.75, 3.05) is 0 Å². The molecule has 0 spiro atoms. The van der Waals surface area contributed by atoms with Gasteiger partial charge in [-0.15, -0.1) is 0 Å². The zero-order valence-electron chi connectivity index (χ0n) is 11.8. The standard InChI is InChI=1S/C16H24O2/c1-11(2)9-13(4)15(16(17)18)10-14-8-6-5-7-12(14)3/h5-8,11,13,15H,9-10H2,1-4H3,(H,17,18). The van der Waals surface area contributed by atoms with E-state index in [1.165, 1.54) is 5.56 Å². The van der Waals surface area contributed by atoms with Crippen LogP contribution < -0.4 is 0 Å². The van der Waals surface area contributed by atoms with Gasteiger partial charge in [0.25, 0.3) is 0 Å². The molecule has 18 heavy (non-hydrogen) atoms. The number of carboxylic acid groups (broad SMARTS) is 1. The van der Waals surface area contributed by atoms with Crippen LogP contribution >= 0.6 is 0 Å². The minimum Gasteiger partial charge on any atom is -0.481 e. The fourth-order valence-corrected chi connectivity index (χ4v) is 2.52. The quantitative estimate of drug-likeness (QED) is 0.828. The zero-order chi connectivity index (χ0) is 13.7. The molecule has 1 aromatic carbocycles. The second-order valence-electron chi connectivity index (χ2n) is 5.68. The predicted molar refractivity (Wildman–Crippen MR) is 74.6 cm³/mol. The summed E-state index contributed by atoms with van der Waals surface area (Å²) in [6, 6.07) is 8.05. The maximum absolute atomic E-state index is 11.4. The zero-order valence-corrected chi connectivity index (χ0v) is 11.8. The molecule has 2 atom stereocenters. The molecular weight excluding hydrogens is 224 g/mol. The van der Waals surface area contributed by atoms with Crippen LogP contribution in [0.15, 0.2) is 24.3 Å². The third kappa shape index (κ3) is 4.17. The summed E-state index contributed by atoms with van der Waals surface area (Å²) in [6.45, 7) is 8.38. The maximum atomic E-state index is 11.4. The van der Waals surface area contributed by atoms with Crippen LogP contribution in [0.1, 0.15) is 38.3 Å². The summed E-state index contributed by atoms with van der Waals surface area (Å²) in [5.41, 5.74) is 2.33. The normalized spacial score (nSPS) is 14.5. The van der Waals surface area contributed by atoms with Crippen LogP contribution in [0.25, 0.3) is 0 Å². The largest absolute Gasteiger partial charge is 0.481 e. The molecular formula is C16H24O2. The third-order valence-electron chi connectivity index (χ3n) is 3.55. The van der Waals surface area contributed by atoms with Crippen molar-refractivity contribution in [3.63, 3.8) is 0 Å². The van der Waals surface area contributed by atoms with Crippen LogP contribution in [-0.4, -0.2) is 11.1 Å². The minimum atomic E-state index is -0.675. The Kier molecular flexibility index (Phi) is 5.39. The molecule has 0 radical (unpaired) electrons. The molecule has 2 unspecified atom stereocenters. The van der Waals surface area contributed by atoms with Crippen molar-refractivity contribution in [3.8, 4) is 0 Å². The van der Waals surface area contributed by atoms with Crippen molar-refractivity contribution in [1.82, 2.24) is 0 Å². The Morgan fingerprint density at radius 3 is 2.33 bits per heavy atom. The molecule has 0 fully saturated rings. The lowest BCUT2D eigenvalue weighted by Gasteiger charge is -2.22. The molecule has 0 saturated heterocycles. The lowest BCUT2D eigenvalue weighted by Crippen LogP contribution is -2.25. The van der Waals surface area contributed by atoms with Crippen molar-refractivity contribution in [3.05, 3.63) is 35.4 Å². The SMILES string of the molecule is Cc1ccccc1CC(C(=O)O)C(C)CC(C)C. The topological polar surface area (TPSA) is 37.3 Å². The molecule has 100 valence electrons. The molecule has 1 aromatic rings. The van der Waals surface area contributed by atoms with Gasteiger partial charge < -0.3 is 5.11 Å². The van der Waals surface area contributed by atoms with E-state index in [1.54, 1.807) is 0 Å². The van der Waals surface area contributed by atoms with E-state index in [4.69, 9.17) is 0 Å². The van der Waals surface area contributed by atoms with Crippen LogP contribution in [0.2, 0.25) is 0 Å². The van der Waals surface area contributed by atoms with E-state index in [0.29, 0.717) is 12.3 Å². The monoisotopic (exact) mass is 248 g/mol. The maximum Gasteiger partial charge on any atom is 0.307 e. The van der Waals surface area contributed by atoms with Gasteiger partial charge in [0.05, 0.1) is 5.92 Å². The van der Waals surface area contributed by atoms with Gasteiger partial charge in [-0.2, -0.15) is 0 Å². The summed E-state index contributed by atoms with van der Waals surface area (Å²) in [6.07, 6.45) is 1.60. The van der Waals surface area contributed by atoms with Crippen molar-refractivity contribution in [2.45, 2.75) is 40.5 Å². The van der Waals surface area contributed by atoms with Gasteiger partial charge in [0.2, 0.25) is 0 Å². The van der Waals surface area contributed by atoms with Gasteiger partial charge in [-0.05, 0) is 42.7 Å². The summed E-state index contributed by atoms with van der Waals surface area (Å²) < 4.78 is 0. The highest BCUT2D eigenvalue weighted by Gasteiger charge is 2.25. The molecule has 2 nitrogen and oxygen atoms in total. The van der Waals surface area contributed by atoms with E-state index in [-0.39, 0.29) is 11.8 Å². The Morgan fingerprint density at radius 2 is 1.83 bits per heavy atom. The summed E-state index contributed by atoms with van der Waals surface area (Å²) >= 11 is 0. The van der Waals surface area contributed by atoms with E-state index >= 15 is 0 Å². The molecule has 0 bridgehead atoms. The lowest BCUT2D eigenvalue weighted by atomic mass is 9.82.